The molecule has 1 N–H and O–H groups in total. The van der Waals surface area contributed by atoms with Crippen LogP contribution in [0, 0.1) is 12.8 Å². The van der Waals surface area contributed by atoms with E-state index >= 15 is 0 Å². The Labute approximate surface area is 128 Å². The second-order valence-electron chi connectivity index (χ2n) is 5.46. The van der Waals surface area contributed by atoms with Crippen molar-refractivity contribution in [3.8, 4) is 11.3 Å². The summed E-state index contributed by atoms with van der Waals surface area (Å²) in [6, 6.07) is 11.4. The van der Waals surface area contributed by atoms with E-state index in [1.165, 1.54) is 0 Å². The number of amides is 1. The summed E-state index contributed by atoms with van der Waals surface area (Å²) < 4.78 is 1.70. The molecule has 0 aliphatic carbocycles. The normalized spacial score (nSPS) is 11.1. The van der Waals surface area contributed by atoms with Crippen LogP contribution in [-0.2, 0) is 4.79 Å². The number of anilines is 1. The number of fused-ring (bicyclic) bond motifs is 1. The van der Waals surface area contributed by atoms with E-state index in [0.717, 1.165) is 22.8 Å². The summed E-state index contributed by atoms with van der Waals surface area (Å²) >= 11 is 0. The molecule has 0 saturated carbocycles. The highest BCUT2D eigenvalue weighted by atomic mass is 16.1. The second kappa shape index (κ2) is 5.55. The van der Waals surface area contributed by atoms with Gasteiger partial charge in [0.2, 0.25) is 5.91 Å². The molecule has 0 aliphatic heterocycles. The zero-order chi connectivity index (χ0) is 15.7. The first-order chi connectivity index (χ1) is 10.5. The van der Waals surface area contributed by atoms with Gasteiger partial charge < -0.3 is 5.32 Å². The Morgan fingerprint density at radius 3 is 2.77 bits per heavy atom. The van der Waals surface area contributed by atoms with Gasteiger partial charge >= 0.3 is 0 Å². The van der Waals surface area contributed by atoms with Crippen molar-refractivity contribution >= 4 is 17.2 Å². The first-order valence-electron chi connectivity index (χ1n) is 7.15. The molecule has 0 atom stereocenters. The predicted octanol–water partition coefficient (Wildman–Crippen LogP) is 2.69. The molecule has 3 rings (SSSR count). The Morgan fingerprint density at radius 2 is 2.00 bits per heavy atom. The van der Waals surface area contributed by atoms with Gasteiger partial charge in [0.1, 0.15) is 0 Å². The standard InChI is InChI=1S/C16H17N5O/c1-10(2)16(22)17-13-6-4-5-12(9-13)14-7-8-15-19-18-11(3)21(15)20-14/h4-10H,1-3H3,(H,17,22). The van der Waals surface area contributed by atoms with Gasteiger partial charge in [-0.05, 0) is 31.2 Å². The zero-order valence-corrected chi connectivity index (χ0v) is 12.7. The third-order valence-corrected chi connectivity index (χ3v) is 3.37. The molecule has 0 unspecified atom stereocenters. The van der Waals surface area contributed by atoms with Crippen LogP contribution in [0.25, 0.3) is 16.9 Å². The lowest BCUT2D eigenvalue weighted by Crippen LogP contribution is -2.17. The highest BCUT2D eigenvalue weighted by molar-refractivity contribution is 5.92. The van der Waals surface area contributed by atoms with Crippen molar-refractivity contribution in [2.24, 2.45) is 5.92 Å². The van der Waals surface area contributed by atoms with Gasteiger partial charge in [0, 0.05) is 17.2 Å². The van der Waals surface area contributed by atoms with Gasteiger partial charge in [-0.3, -0.25) is 4.79 Å². The molecule has 3 aromatic rings. The van der Waals surface area contributed by atoms with E-state index in [2.05, 4.69) is 20.6 Å². The number of rotatable bonds is 3. The first kappa shape index (κ1) is 14.2. The molecular formula is C16H17N5O. The van der Waals surface area contributed by atoms with E-state index in [0.29, 0.717) is 5.65 Å². The molecular weight excluding hydrogens is 278 g/mol. The zero-order valence-electron chi connectivity index (χ0n) is 12.7. The van der Waals surface area contributed by atoms with E-state index in [1.54, 1.807) is 4.52 Å². The summed E-state index contributed by atoms with van der Waals surface area (Å²) in [7, 11) is 0. The molecule has 6 nitrogen and oxygen atoms in total. The number of nitrogens with one attached hydrogen (secondary N) is 1. The van der Waals surface area contributed by atoms with Gasteiger partial charge in [-0.15, -0.1) is 10.2 Å². The molecule has 0 aliphatic rings. The Hall–Kier alpha value is -2.76. The Morgan fingerprint density at radius 1 is 1.18 bits per heavy atom. The number of hydrogen-bond acceptors (Lipinski definition) is 4. The molecule has 112 valence electrons. The molecule has 1 amide bonds. The third kappa shape index (κ3) is 2.67. The average molecular weight is 295 g/mol. The lowest BCUT2D eigenvalue weighted by Gasteiger charge is -2.09. The molecule has 0 fully saturated rings. The molecule has 0 radical (unpaired) electrons. The van der Waals surface area contributed by atoms with Crippen LogP contribution < -0.4 is 5.32 Å². The molecule has 1 aromatic carbocycles. The van der Waals surface area contributed by atoms with Crippen molar-refractivity contribution in [2.75, 3.05) is 5.32 Å². The maximum atomic E-state index is 11.8. The molecule has 0 bridgehead atoms. The van der Waals surface area contributed by atoms with Crippen LogP contribution in [0.5, 0.6) is 0 Å². The molecule has 2 aromatic heterocycles. The van der Waals surface area contributed by atoms with E-state index < -0.39 is 0 Å². The highest BCUT2D eigenvalue weighted by Gasteiger charge is 2.09. The predicted molar refractivity (Wildman–Crippen MR) is 84.4 cm³/mol. The Kier molecular flexibility index (Phi) is 3.58. The van der Waals surface area contributed by atoms with Crippen molar-refractivity contribution in [3.05, 3.63) is 42.2 Å². The van der Waals surface area contributed by atoms with Crippen LogP contribution in [0.15, 0.2) is 36.4 Å². The lowest BCUT2D eigenvalue weighted by atomic mass is 10.1. The van der Waals surface area contributed by atoms with Gasteiger partial charge in [0.05, 0.1) is 5.69 Å². The van der Waals surface area contributed by atoms with Crippen LogP contribution in [-0.4, -0.2) is 25.7 Å². The molecule has 0 saturated heterocycles. The number of aryl methyl sites for hydroxylation is 1. The Balaban J connectivity index is 1.96. The van der Waals surface area contributed by atoms with Crippen LogP contribution in [0.4, 0.5) is 5.69 Å². The maximum Gasteiger partial charge on any atom is 0.226 e. The third-order valence-electron chi connectivity index (χ3n) is 3.37. The first-order valence-corrected chi connectivity index (χ1v) is 7.15. The lowest BCUT2D eigenvalue weighted by molar-refractivity contribution is -0.118. The number of carbonyl (C=O) groups is 1. The number of benzene rings is 1. The van der Waals surface area contributed by atoms with Gasteiger partial charge in [0.25, 0.3) is 0 Å². The van der Waals surface area contributed by atoms with Crippen molar-refractivity contribution in [1.82, 2.24) is 19.8 Å². The minimum Gasteiger partial charge on any atom is -0.326 e. The fraction of sp³-hybridized carbons (Fsp3) is 0.250. The number of carbonyl (C=O) groups excluding carboxylic acids is 1. The minimum absolute atomic E-state index is 0.00443. The Bertz CT molecular complexity index is 837. The number of aromatic nitrogens is 4. The monoisotopic (exact) mass is 295 g/mol. The molecule has 6 heteroatoms. The summed E-state index contributed by atoms with van der Waals surface area (Å²) in [5, 5.41) is 15.5. The van der Waals surface area contributed by atoms with Crippen molar-refractivity contribution in [3.63, 3.8) is 0 Å². The average Bonchev–Trinajstić information content (AvgIpc) is 2.88. The highest BCUT2D eigenvalue weighted by Crippen LogP contribution is 2.21. The topological polar surface area (TPSA) is 72.2 Å². The quantitative estimate of drug-likeness (QED) is 0.806. The van der Waals surface area contributed by atoms with Gasteiger partial charge in [0.15, 0.2) is 11.5 Å². The van der Waals surface area contributed by atoms with Crippen LogP contribution >= 0.6 is 0 Å². The van der Waals surface area contributed by atoms with Crippen molar-refractivity contribution in [2.45, 2.75) is 20.8 Å². The van der Waals surface area contributed by atoms with E-state index in [4.69, 9.17) is 0 Å². The SMILES string of the molecule is Cc1nnc2ccc(-c3cccc(NC(=O)C(C)C)c3)nn12. The summed E-state index contributed by atoms with van der Waals surface area (Å²) in [5.74, 6) is 0.675. The number of nitrogens with zero attached hydrogens (tertiary/aromatic N) is 4. The summed E-state index contributed by atoms with van der Waals surface area (Å²) in [5.41, 5.74) is 3.21. The van der Waals surface area contributed by atoms with Gasteiger partial charge in [-0.2, -0.15) is 9.61 Å². The number of hydrogen-bond donors (Lipinski definition) is 1. The maximum absolute atomic E-state index is 11.8. The second-order valence-corrected chi connectivity index (χ2v) is 5.46. The fourth-order valence-electron chi connectivity index (χ4n) is 2.09. The largest absolute Gasteiger partial charge is 0.326 e. The smallest absolute Gasteiger partial charge is 0.226 e. The minimum atomic E-state index is -0.0576. The van der Waals surface area contributed by atoms with Crippen molar-refractivity contribution < 1.29 is 4.79 Å². The van der Waals surface area contributed by atoms with Crippen LogP contribution in [0.1, 0.15) is 19.7 Å². The summed E-state index contributed by atoms with van der Waals surface area (Å²) in [4.78, 5) is 11.8. The van der Waals surface area contributed by atoms with E-state index in [-0.39, 0.29) is 11.8 Å². The van der Waals surface area contributed by atoms with E-state index in [1.807, 2.05) is 57.2 Å². The molecule has 22 heavy (non-hydrogen) atoms. The van der Waals surface area contributed by atoms with Gasteiger partial charge in [-0.1, -0.05) is 26.0 Å². The summed E-state index contributed by atoms with van der Waals surface area (Å²) in [6.07, 6.45) is 0. The fourth-order valence-corrected chi connectivity index (χ4v) is 2.09. The summed E-state index contributed by atoms with van der Waals surface area (Å²) in [6.45, 7) is 5.59. The molecule has 2 heterocycles. The van der Waals surface area contributed by atoms with E-state index in [9.17, 15) is 4.79 Å². The van der Waals surface area contributed by atoms with Crippen molar-refractivity contribution in [1.29, 1.82) is 0 Å². The molecule has 0 spiro atoms. The van der Waals surface area contributed by atoms with Crippen LogP contribution in [0.2, 0.25) is 0 Å². The van der Waals surface area contributed by atoms with Crippen LogP contribution in [0.3, 0.4) is 0 Å². The van der Waals surface area contributed by atoms with Gasteiger partial charge in [-0.25, -0.2) is 0 Å².